The Bertz CT molecular complexity index is 562. The summed E-state index contributed by atoms with van der Waals surface area (Å²) < 4.78 is 69.7. The maximum atomic E-state index is 12.7. The molecule has 1 aromatic carbocycles. The highest BCUT2D eigenvalue weighted by atomic mass is 19.4. The summed E-state index contributed by atoms with van der Waals surface area (Å²) in [6.45, 7) is 0. The molecule has 20 heavy (non-hydrogen) atoms. The first-order chi connectivity index (χ1) is 9.19. The van der Waals surface area contributed by atoms with Crippen molar-refractivity contribution in [3.63, 3.8) is 0 Å². The van der Waals surface area contributed by atoms with Gasteiger partial charge in [0.1, 0.15) is 17.4 Å². The van der Waals surface area contributed by atoms with E-state index >= 15 is 0 Å². The Hall–Kier alpha value is -2.37. The van der Waals surface area contributed by atoms with Crippen LogP contribution in [-0.2, 0) is 4.74 Å². The average Bonchev–Trinajstić information content (AvgIpc) is 2.34. The van der Waals surface area contributed by atoms with Gasteiger partial charge in [-0.05, 0) is 12.1 Å². The quantitative estimate of drug-likeness (QED) is 0.634. The van der Waals surface area contributed by atoms with Gasteiger partial charge in [0.15, 0.2) is 0 Å². The Kier molecular flexibility index (Phi) is 4.49. The monoisotopic (exact) mass is 295 g/mol. The van der Waals surface area contributed by atoms with Crippen molar-refractivity contribution in [2.24, 2.45) is 0 Å². The fourth-order valence-corrected chi connectivity index (χ4v) is 1.37. The second-order valence-electron chi connectivity index (χ2n) is 3.39. The molecule has 108 valence electrons. The van der Waals surface area contributed by atoms with Gasteiger partial charge in [-0.3, -0.25) is 0 Å². The van der Waals surface area contributed by atoms with Gasteiger partial charge in [-0.2, -0.15) is 5.26 Å². The molecule has 0 fully saturated rings. The van der Waals surface area contributed by atoms with E-state index in [0.29, 0.717) is 12.1 Å². The van der Waals surface area contributed by atoms with Crippen LogP contribution in [0.15, 0.2) is 12.1 Å². The number of carbonyl (C=O) groups is 1. The Balaban J connectivity index is 3.50. The van der Waals surface area contributed by atoms with Crippen molar-refractivity contribution in [1.29, 1.82) is 5.26 Å². The molecule has 0 N–H and O–H groups in total. The average molecular weight is 295 g/mol. The van der Waals surface area contributed by atoms with E-state index in [4.69, 9.17) is 5.26 Å². The topological polar surface area (TPSA) is 59.3 Å². The molecule has 0 aliphatic heterocycles. The summed E-state index contributed by atoms with van der Waals surface area (Å²) in [4.78, 5) is 11.2. The third-order valence-corrected chi connectivity index (χ3v) is 2.13. The van der Waals surface area contributed by atoms with E-state index < -0.39 is 41.2 Å². The van der Waals surface area contributed by atoms with Crippen LogP contribution in [0.4, 0.5) is 22.0 Å². The standard InChI is InChI=1S/C11H6F5NO3/c1-19-10(18)5-2-6(9(12)13)7(4-17)8(3-5)20-11(14,15)16/h2-3,9H,1H3. The van der Waals surface area contributed by atoms with E-state index in [9.17, 15) is 26.7 Å². The third kappa shape index (κ3) is 3.57. The molecule has 0 atom stereocenters. The van der Waals surface area contributed by atoms with E-state index in [1.165, 1.54) is 6.07 Å². The number of hydrogen-bond acceptors (Lipinski definition) is 4. The van der Waals surface area contributed by atoms with Crippen LogP contribution in [0.3, 0.4) is 0 Å². The van der Waals surface area contributed by atoms with E-state index in [2.05, 4.69) is 9.47 Å². The Morgan fingerprint density at radius 1 is 1.35 bits per heavy atom. The highest BCUT2D eigenvalue weighted by Crippen LogP contribution is 2.34. The maximum absolute atomic E-state index is 12.7. The van der Waals surface area contributed by atoms with Crippen LogP contribution in [0.25, 0.3) is 0 Å². The van der Waals surface area contributed by atoms with Crippen LogP contribution in [0.1, 0.15) is 27.9 Å². The van der Waals surface area contributed by atoms with Crippen molar-refractivity contribution in [2.45, 2.75) is 12.8 Å². The van der Waals surface area contributed by atoms with E-state index in [1.54, 1.807) is 0 Å². The van der Waals surface area contributed by atoms with Gasteiger partial charge in [-0.1, -0.05) is 0 Å². The normalized spacial score (nSPS) is 11.1. The molecular weight excluding hydrogens is 289 g/mol. The number of hydrogen-bond donors (Lipinski definition) is 0. The molecule has 0 aliphatic rings. The molecule has 4 nitrogen and oxygen atoms in total. The number of nitriles is 1. The fraction of sp³-hybridized carbons (Fsp3) is 0.273. The van der Waals surface area contributed by atoms with Crippen molar-refractivity contribution in [1.82, 2.24) is 0 Å². The number of nitrogens with zero attached hydrogens (tertiary/aromatic N) is 1. The highest BCUT2D eigenvalue weighted by Gasteiger charge is 2.34. The smallest absolute Gasteiger partial charge is 0.465 e. The van der Waals surface area contributed by atoms with Crippen molar-refractivity contribution >= 4 is 5.97 Å². The number of methoxy groups -OCH3 is 1. The predicted octanol–water partition coefficient (Wildman–Crippen LogP) is 3.18. The van der Waals surface area contributed by atoms with Crippen molar-refractivity contribution < 1.29 is 36.2 Å². The molecular formula is C11H6F5NO3. The van der Waals surface area contributed by atoms with Gasteiger partial charge >= 0.3 is 12.3 Å². The van der Waals surface area contributed by atoms with Gasteiger partial charge in [0, 0.05) is 5.56 Å². The molecule has 1 rings (SSSR count). The molecule has 0 unspecified atom stereocenters. The summed E-state index contributed by atoms with van der Waals surface area (Å²) in [6, 6.07) is 2.29. The number of halogens is 5. The molecule has 0 aliphatic carbocycles. The van der Waals surface area contributed by atoms with Crippen LogP contribution in [0.2, 0.25) is 0 Å². The van der Waals surface area contributed by atoms with Gasteiger partial charge in [-0.15, -0.1) is 13.2 Å². The molecule has 9 heteroatoms. The van der Waals surface area contributed by atoms with Gasteiger partial charge in [-0.25, -0.2) is 13.6 Å². The summed E-state index contributed by atoms with van der Waals surface area (Å²) in [5.74, 6) is -2.32. The first-order valence-electron chi connectivity index (χ1n) is 4.90. The molecule has 1 aromatic rings. The minimum Gasteiger partial charge on any atom is -0.465 e. The summed E-state index contributed by atoms with van der Waals surface area (Å²) in [5.41, 5.74) is -2.62. The lowest BCUT2D eigenvalue weighted by Gasteiger charge is -2.14. The van der Waals surface area contributed by atoms with Crippen LogP contribution in [0, 0.1) is 11.3 Å². The molecule has 0 bridgehead atoms. The Morgan fingerprint density at radius 3 is 2.35 bits per heavy atom. The zero-order valence-electron chi connectivity index (χ0n) is 9.79. The van der Waals surface area contributed by atoms with Gasteiger partial charge in [0.05, 0.1) is 12.7 Å². The van der Waals surface area contributed by atoms with Gasteiger partial charge in [0.25, 0.3) is 6.43 Å². The second kappa shape index (κ2) is 5.73. The first-order valence-corrected chi connectivity index (χ1v) is 4.90. The molecule has 0 spiro atoms. The van der Waals surface area contributed by atoms with Crippen molar-refractivity contribution in [3.05, 3.63) is 28.8 Å². The zero-order valence-corrected chi connectivity index (χ0v) is 9.79. The van der Waals surface area contributed by atoms with Crippen LogP contribution < -0.4 is 4.74 Å². The lowest BCUT2D eigenvalue weighted by molar-refractivity contribution is -0.274. The molecule has 0 radical (unpaired) electrons. The SMILES string of the molecule is COC(=O)c1cc(OC(F)(F)F)c(C#N)c(C(F)F)c1. The van der Waals surface area contributed by atoms with Crippen molar-refractivity contribution in [2.75, 3.05) is 7.11 Å². The molecule has 0 heterocycles. The van der Waals surface area contributed by atoms with Crippen LogP contribution >= 0.6 is 0 Å². The first kappa shape index (κ1) is 15.7. The minimum atomic E-state index is -5.19. The van der Waals surface area contributed by atoms with Gasteiger partial charge in [0.2, 0.25) is 0 Å². The van der Waals surface area contributed by atoms with Crippen LogP contribution in [-0.4, -0.2) is 19.4 Å². The maximum Gasteiger partial charge on any atom is 0.573 e. The van der Waals surface area contributed by atoms with E-state index in [-0.39, 0.29) is 0 Å². The second-order valence-corrected chi connectivity index (χ2v) is 3.39. The van der Waals surface area contributed by atoms with Gasteiger partial charge < -0.3 is 9.47 Å². The summed E-state index contributed by atoms with van der Waals surface area (Å²) >= 11 is 0. The predicted molar refractivity (Wildman–Crippen MR) is 54.1 cm³/mol. The number of rotatable bonds is 3. The van der Waals surface area contributed by atoms with E-state index in [0.717, 1.165) is 7.11 Å². The summed E-state index contributed by atoms with van der Waals surface area (Å²) in [7, 11) is 0.923. The minimum absolute atomic E-state index is 0.518. The highest BCUT2D eigenvalue weighted by molar-refractivity contribution is 5.90. The Morgan fingerprint density at radius 2 is 1.95 bits per heavy atom. The van der Waals surface area contributed by atoms with Crippen LogP contribution in [0.5, 0.6) is 5.75 Å². The molecule has 0 amide bonds. The number of carbonyl (C=O) groups excluding carboxylic acids is 1. The van der Waals surface area contributed by atoms with Crippen molar-refractivity contribution in [3.8, 4) is 11.8 Å². The fourth-order valence-electron chi connectivity index (χ4n) is 1.37. The number of ether oxygens (including phenoxy) is 2. The summed E-state index contributed by atoms with van der Waals surface area (Å²) in [5, 5.41) is 8.68. The lowest BCUT2D eigenvalue weighted by atomic mass is 10.0. The molecule has 0 saturated heterocycles. The Labute approximate surface area is 109 Å². The number of benzene rings is 1. The lowest BCUT2D eigenvalue weighted by Crippen LogP contribution is -2.19. The molecule has 0 aromatic heterocycles. The largest absolute Gasteiger partial charge is 0.573 e. The zero-order chi connectivity index (χ0) is 15.5. The third-order valence-electron chi connectivity index (χ3n) is 2.13. The number of esters is 1. The van der Waals surface area contributed by atoms with E-state index in [1.807, 2.05) is 0 Å². The number of alkyl halides is 5. The summed E-state index contributed by atoms with van der Waals surface area (Å²) in [6.07, 6.45) is -8.45. The molecule has 0 saturated carbocycles.